The number of amidine groups is 1. The van der Waals surface area contributed by atoms with E-state index in [0.717, 1.165) is 36.0 Å². The summed E-state index contributed by atoms with van der Waals surface area (Å²) in [4.78, 5) is 25.1. The Kier molecular flexibility index (Phi) is 5.55. The van der Waals surface area contributed by atoms with Crippen LogP contribution in [0.15, 0.2) is 24.7 Å². The molecule has 2 aromatic rings. The van der Waals surface area contributed by atoms with Crippen LogP contribution in [-0.2, 0) is 9.53 Å². The zero-order chi connectivity index (χ0) is 21.2. The normalized spacial score (nSPS) is 15.3. The van der Waals surface area contributed by atoms with Gasteiger partial charge in [-0.05, 0) is 46.1 Å². The van der Waals surface area contributed by atoms with E-state index >= 15 is 0 Å². The first-order valence-electron chi connectivity index (χ1n) is 9.59. The Balaban J connectivity index is 1.70. The van der Waals surface area contributed by atoms with Crippen LogP contribution in [0.5, 0.6) is 5.88 Å². The maximum atomic E-state index is 12.6. The van der Waals surface area contributed by atoms with E-state index < -0.39 is 11.0 Å². The molecule has 2 heterocycles. The van der Waals surface area contributed by atoms with Crippen LogP contribution in [-0.4, -0.2) is 39.0 Å². The predicted octanol–water partition coefficient (Wildman–Crippen LogP) is 3.02. The van der Waals surface area contributed by atoms with Gasteiger partial charge in [-0.1, -0.05) is 6.42 Å². The first kappa shape index (κ1) is 20.7. The molecule has 2 aromatic heterocycles. The van der Waals surface area contributed by atoms with Crippen LogP contribution in [0.2, 0.25) is 0 Å². The SMILES string of the molecule is Cc1cc(OCC2(C(=O)OC(C)(C)C)CCC2)ncc1-c1cnc(C(=N)N)nc1. The zero-order valence-electron chi connectivity index (χ0n) is 17.3. The van der Waals surface area contributed by atoms with Crippen molar-refractivity contribution in [2.75, 3.05) is 6.61 Å². The van der Waals surface area contributed by atoms with Crippen molar-refractivity contribution >= 4 is 11.8 Å². The number of rotatable bonds is 6. The third-order valence-corrected chi connectivity index (χ3v) is 4.93. The number of ether oxygens (including phenoxy) is 2. The van der Waals surface area contributed by atoms with Gasteiger partial charge in [-0.3, -0.25) is 10.2 Å². The van der Waals surface area contributed by atoms with Crippen molar-refractivity contribution in [2.24, 2.45) is 11.1 Å². The predicted molar refractivity (Wildman–Crippen MR) is 109 cm³/mol. The van der Waals surface area contributed by atoms with Crippen LogP contribution in [0.3, 0.4) is 0 Å². The zero-order valence-corrected chi connectivity index (χ0v) is 17.3. The number of carbonyl (C=O) groups excluding carboxylic acids is 1. The van der Waals surface area contributed by atoms with E-state index in [2.05, 4.69) is 15.0 Å². The molecule has 0 radical (unpaired) electrons. The molecule has 0 unspecified atom stereocenters. The second kappa shape index (κ2) is 7.77. The van der Waals surface area contributed by atoms with Crippen molar-refractivity contribution in [3.63, 3.8) is 0 Å². The van der Waals surface area contributed by atoms with Crippen LogP contribution >= 0.6 is 0 Å². The van der Waals surface area contributed by atoms with Gasteiger partial charge in [-0.15, -0.1) is 0 Å². The Morgan fingerprint density at radius 2 is 1.86 bits per heavy atom. The molecule has 0 saturated heterocycles. The van der Waals surface area contributed by atoms with Gasteiger partial charge < -0.3 is 15.2 Å². The van der Waals surface area contributed by atoms with Crippen molar-refractivity contribution < 1.29 is 14.3 Å². The van der Waals surface area contributed by atoms with E-state index in [-0.39, 0.29) is 24.2 Å². The Labute approximate surface area is 170 Å². The molecule has 0 spiro atoms. The van der Waals surface area contributed by atoms with Crippen molar-refractivity contribution in [1.29, 1.82) is 5.41 Å². The van der Waals surface area contributed by atoms with Crippen LogP contribution < -0.4 is 10.5 Å². The lowest BCUT2D eigenvalue weighted by Gasteiger charge is -2.40. The molecule has 1 aliphatic rings. The first-order chi connectivity index (χ1) is 13.6. The molecule has 1 saturated carbocycles. The average Bonchev–Trinajstić information content (AvgIpc) is 2.59. The lowest BCUT2D eigenvalue weighted by Crippen LogP contribution is -2.46. The fourth-order valence-corrected chi connectivity index (χ4v) is 3.13. The van der Waals surface area contributed by atoms with Gasteiger partial charge in [0.05, 0.1) is 0 Å². The molecule has 8 heteroatoms. The maximum Gasteiger partial charge on any atom is 0.316 e. The molecule has 0 aromatic carbocycles. The molecule has 1 fully saturated rings. The molecule has 8 nitrogen and oxygen atoms in total. The number of hydrogen-bond acceptors (Lipinski definition) is 7. The minimum Gasteiger partial charge on any atom is -0.476 e. The number of nitrogens with two attached hydrogens (primary N) is 1. The summed E-state index contributed by atoms with van der Waals surface area (Å²) in [5.41, 5.74) is 6.86. The first-order valence-corrected chi connectivity index (χ1v) is 9.59. The van der Waals surface area contributed by atoms with Crippen molar-refractivity contribution in [3.05, 3.63) is 36.0 Å². The summed E-state index contributed by atoms with van der Waals surface area (Å²) in [7, 11) is 0. The second-order valence-electron chi connectivity index (χ2n) is 8.47. The van der Waals surface area contributed by atoms with Gasteiger partial charge in [0.1, 0.15) is 17.6 Å². The summed E-state index contributed by atoms with van der Waals surface area (Å²) in [5, 5.41) is 7.37. The molecule has 0 aliphatic heterocycles. The number of carbonyl (C=O) groups is 1. The molecule has 0 atom stereocenters. The van der Waals surface area contributed by atoms with Crippen LogP contribution in [0.4, 0.5) is 0 Å². The van der Waals surface area contributed by atoms with Crippen molar-refractivity contribution in [1.82, 2.24) is 15.0 Å². The standard InChI is InChI=1S/C21H27N5O3/c1-13-8-16(24-11-15(13)14-9-25-18(17(22)23)26-10-14)28-12-21(6-5-7-21)19(27)29-20(2,3)4/h8-11H,5-7,12H2,1-4H3,(H3,22,23). The number of nitrogens with zero attached hydrogens (tertiary/aromatic N) is 3. The summed E-state index contributed by atoms with van der Waals surface area (Å²) in [6.07, 6.45) is 7.43. The lowest BCUT2D eigenvalue weighted by atomic mass is 9.69. The third-order valence-electron chi connectivity index (χ3n) is 4.93. The third kappa shape index (κ3) is 4.70. The lowest BCUT2D eigenvalue weighted by molar-refractivity contribution is -0.176. The second-order valence-corrected chi connectivity index (χ2v) is 8.47. The number of nitrogens with one attached hydrogen (secondary N) is 1. The Hall–Kier alpha value is -3.03. The van der Waals surface area contributed by atoms with E-state index in [1.165, 1.54) is 0 Å². The average molecular weight is 397 g/mol. The highest BCUT2D eigenvalue weighted by Gasteiger charge is 2.47. The minimum atomic E-state index is -0.585. The number of esters is 1. The topological polar surface area (TPSA) is 124 Å². The summed E-state index contributed by atoms with van der Waals surface area (Å²) in [6, 6.07) is 1.83. The highest BCUT2D eigenvalue weighted by atomic mass is 16.6. The molecule has 0 bridgehead atoms. The van der Waals surface area contributed by atoms with Gasteiger partial charge in [-0.2, -0.15) is 0 Å². The molecule has 29 heavy (non-hydrogen) atoms. The van der Waals surface area contributed by atoms with Gasteiger partial charge in [0.15, 0.2) is 11.7 Å². The Morgan fingerprint density at radius 1 is 1.21 bits per heavy atom. The fourth-order valence-electron chi connectivity index (χ4n) is 3.13. The molecule has 3 N–H and O–H groups in total. The highest BCUT2D eigenvalue weighted by molar-refractivity contribution is 5.91. The van der Waals surface area contributed by atoms with E-state index in [0.29, 0.717) is 5.88 Å². The maximum absolute atomic E-state index is 12.6. The molecule has 3 rings (SSSR count). The number of aryl methyl sites for hydroxylation is 1. The summed E-state index contributed by atoms with van der Waals surface area (Å²) in [5.74, 6) is 0.270. The Morgan fingerprint density at radius 3 is 2.34 bits per heavy atom. The largest absolute Gasteiger partial charge is 0.476 e. The number of nitrogen functional groups attached to an aromatic ring is 1. The minimum absolute atomic E-state index is 0.176. The number of aromatic nitrogens is 3. The van der Waals surface area contributed by atoms with Gasteiger partial charge in [-0.25, -0.2) is 15.0 Å². The fraction of sp³-hybridized carbons (Fsp3) is 0.476. The molecular weight excluding hydrogens is 370 g/mol. The van der Waals surface area contributed by atoms with Crippen LogP contribution in [0, 0.1) is 17.7 Å². The summed E-state index contributed by atoms with van der Waals surface area (Å²) in [6.45, 7) is 7.80. The monoisotopic (exact) mass is 397 g/mol. The molecule has 0 amide bonds. The van der Waals surface area contributed by atoms with E-state index in [1.54, 1.807) is 18.6 Å². The smallest absolute Gasteiger partial charge is 0.316 e. The Bertz CT molecular complexity index is 915. The van der Waals surface area contributed by atoms with Gasteiger partial charge >= 0.3 is 5.97 Å². The molecule has 1 aliphatic carbocycles. The van der Waals surface area contributed by atoms with Crippen molar-refractivity contribution in [2.45, 2.75) is 52.6 Å². The van der Waals surface area contributed by atoms with Crippen LogP contribution in [0.25, 0.3) is 11.1 Å². The molecule has 154 valence electrons. The van der Waals surface area contributed by atoms with Gasteiger partial charge in [0.25, 0.3) is 0 Å². The van der Waals surface area contributed by atoms with E-state index in [1.807, 2.05) is 33.8 Å². The number of hydrogen-bond donors (Lipinski definition) is 2. The van der Waals surface area contributed by atoms with E-state index in [9.17, 15) is 4.79 Å². The summed E-state index contributed by atoms with van der Waals surface area (Å²) < 4.78 is 11.5. The van der Waals surface area contributed by atoms with E-state index in [4.69, 9.17) is 20.6 Å². The van der Waals surface area contributed by atoms with Gasteiger partial charge in [0, 0.05) is 35.8 Å². The van der Waals surface area contributed by atoms with Gasteiger partial charge in [0.2, 0.25) is 5.88 Å². The summed E-state index contributed by atoms with van der Waals surface area (Å²) >= 11 is 0. The van der Waals surface area contributed by atoms with Crippen LogP contribution in [0.1, 0.15) is 51.4 Å². The quantitative estimate of drug-likeness (QED) is 0.436. The van der Waals surface area contributed by atoms with Crippen molar-refractivity contribution in [3.8, 4) is 17.0 Å². The molecular formula is C21H27N5O3. The number of pyridine rings is 1. The highest BCUT2D eigenvalue weighted by Crippen LogP contribution is 2.43.